The molecule has 0 aliphatic carbocycles. The Labute approximate surface area is 162 Å². The van der Waals surface area contributed by atoms with E-state index in [1.54, 1.807) is 11.7 Å². The minimum Gasteiger partial charge on any atom is -0.382 e. The average Bonchev–Trinajstić information content (AvgIpc) is 3.17. The maximum atomic E-state index is 7.20. The van der Waals surface area contributed by atoms with Crippen LogP contribution >= 0.6 is 0 Å². The monoisotopic (exact) mass is 373 g/mol. The van der Waals surface area contributed by atoms with Crippen LogP contribution in [0.5, 0.6) is 0 Å². The lowest BCUT2D eigenvalue weighted by molar-refractivity contribution is 0.561. The Hall–Kier alpha value is -3.98. The summed E-state index contributed by atoms with van der Waals surface area (Å²) in [5.74, 6) is 0.622. The van der Waals surface area contributed by atoms with Crippen LogP contribution in [0.4, 0.5) is 29.1 Å². The number of aromatic nitrogens is 4. The van der Waals surface area contributed by atoms with Crippen molar-refractivity contribution in [3.63, 3.8) is 0 Å². The van der Waals surface area contributed by atoms with E-state index in [4.69, 9.17) is 18.9 Å². The molecule has 0 aliphatic rings. The van der Waals surface area contributed by atoms with Gasteiger partial charge in [-0.1, -0.05) is 62.2 Å². The molecule has 9 heteroatoms. The lowest BCUT2D eigenvalue weighted by Crippen LogP contribution is -2.13. The molecule has 2 aromatic heterocycles. The van der Waals surface area contributed by atoms with Crippen LogP contribution in [-0.4, -0.2) is 19.3 Å². The zero-order valence-electron chi connectivity index (χ0n) is 16.0. The molecule has 28 heavy (non-hydrogen) atoms. The Bertz CT molecular complexity index is 1130. The van der Waals surface area contributed by atoms with E-state index in [0.717, 1.165) is 5.69 Å². The molecule has 0 saturated carbocycles. The first-order chi connectivity index (χ1) is 13.3. The lowest BCUT2D eigenvalue weighted by atomic mass is 9.91. The van der Waals surface area contributed by atoms with E-state index in [1.165, 1.54) is 4.57 Å². The Kier molecular flexibility index (Phi) is 4.68. The smallest absolute Gasteiger partial charge is 0.382 e. The van der Waals surface area contributed by atoms with Crippen LogP contribution in [-0.2, 0) is 12.5 Å². The molecule has 3 rings (SSSR count). The zero-order valence-corrected chi connectivity index (χ0v) is 16.0. The van der Waals surface area contributed by atoms with Crippen LogP contribution in [0.25, 0.3) is 15.4 Å². The van der Waals surface area contributed by atoms with Gasteiger partial charge in [0.25, 0.3) is 11.6 Å². The van der Waals surface area contributed by atoms with Crippen molar-refractivity contribution in [2.24, 2.45) is 17.3 Å². The summed E-state index contributed by atoms with van der Waals surface area (Å²) in [6.07, 6.45) is 0. The number of para-hydroxylation sites is 1. The minimum absolute atomic E-state index is 0.00422. The quantitative estimate of drug-likeness (QED) is 0.517. The predicted molar refractivity (Wildman–Crippen MR) is 107 cm³/mol. The first kappa shape index (κ1) is 18.8. The van der Waals surface area contributed by atoms with Gasteiger partial charge >= 0.3 is 5.95 Å². The predicted octanol–water partition coefficient (Wildman–Crippen LogP) is 5.00. The number of azo groups is 1. The average molecular weight is 373 g/mol. The fraction of sp³-hybridized carbons (Fsp3) is 0.263. The normalized spacial score (nSPS) is 11.5. The van der Waals surface area contributed by atoms with Gasteiger partial charge in [0.1, 0.15) is 0 Å². The van der Waals surface area contributed by atoms with Crippen LogP contribution in [0, 0.1) is 13.1 Å². The first-order valence-corrected chi connectivity index (χ1v) is 8.45. The van der Waals surface area contributed by atoms with Crippen molar-refractivity contribution in [1.29, 1.82) is 0 Å². The number of nitrogens with two attached hydrogens (primary N) is 1. The molecule has 2 heterocycles. The fourth-order valence-electron chi connectivity index (χ4n) is 2.64. The highest BCUT2D eigenvalue weighted by atomic mass is 15.4. The van der Waals surface area contributed by atoms with E-state index in [0.29, 0.717) is 17.2 Å². The standard InChI is InChI=1S/C19H19N9/c1-19(2,3)14-13(15(20)28(26-14)12-10-8-7-9-11-12)24-25-18-23-16(21-4)17(22-5)27(18)6/h7-11H,20H2,1-3,6H3/b25-24+. The van der Waals surface area contributed by atoms with E-state index < -0.39 is 0 Å². The number of nitrogens with zero attached hydrogens (tertiary/aromatic N) is 8. The van der Waals surface area contributed by atoms with Gasteiger partial charge in [0.05, 0.1) is 18.4 Å². The number of benzene rings is 1. The molecule has 1 aromatic carbocycles. The number of rotatable bonds is 3. The van der Waals surface area contributed by atoms with Crippen molar-refractivity contribution >= 4 is 29.1 Å². The second-order valence-electron chi connectivity index (χ2n) is 7.12. The van der Waals surface area contributed by atoms with Gasteiger partial charge in [0.2, 0.25) is 0 Å². The molecule has 0 atom stereocenters. The maximum absolute atomic E-state index is 7.20. The highest BCUT2D eigenvalue weighted by molar-refractivity contribution is 5.67. The van der Waals surface area contributed by atoms with E-state index in [9.17, 15) is 0 Å². The van der Waals surface area contributed by atoms with Crippen molar-refractivity contribution in [3.8, 4) is 5.69 Å². The molecule has 2 N–H and O–H groups in total. The molecule has 9 nitrogen and oxygen atoms in total. The molecule has 140 valence electrons. The van der Waals surface area contributed by atoms with E-state index in [2.05, 4.69) is 30.0 Å². The van der Waals surface area contributed by atoms with E-state index in [-0.39, 0.29) is 23.0 Å². The van der Waals surface area contributed by atoms with Crippen molar-refractivity contribution in [2.75, 3.05) is 5.73 Å². The first-order valence-electron chi connectivity index (χ1n) is 8.45. The number of imidazole rings is 1. The molecule has 0 spiro atoms. The third kappa shape index (κ3) is 3.21. The fourth-order valence-corrected chi connectivity index (χ4v) is 2.64. The zero-order chi connectivity index (χ0) is 20.5. The van der Waals surface area contributed by atoms with Crippen LogP contribution in [0.2, 0.25) is 0 Å². The van der Waals surface area contributed by atoms with Crippen LogP contribution < -0.4 is 5.73 Å². The lowest BCUT2D eigenvalue weighted by Gasteiger charge is -2.15. The van der Waals surface area contributed by atoms with Crippen LogP contribution in [0.3, 0.4) is 0 Å². The van der Waals surface area contributed by atoms with Gasteiger partial charge in [0.15, 0.2) is 11.5 Å². The summed E-state index contributed by atoms with van der Waals surface area (Å²) in [6, 6.07) is 9.53. The van der Waals surface area contributed by atoms with Gasteiger partial charge in [0, 0.05) is 5.41 Å². The molecule has 0 bridgehead atoms. The number of nitrogen functional groups attached to an aromatic ring is 1. The second-order valence-corrected chi connectivity index (χ2v) is 7.12. The third-order valence-corrected chi connectivity index (χ3v) is 4.08. The molecule has 0 unspecified atom stereocenters. The van der Waals surface area contributed by atoms with E-state index >= 15 is 0 Å². The van der Waals surface area contributed by atoms with Gasteiger partial charge in [-0.2, -0.15) is 5.10 Å². The largest absolute Gasteiger partial charge is 0.416 e. The third-order valence-electron chi connectivity index (χ3n) is 4.08. The molecule has 0 radical (unpaired) electrons. The summed E-state index contributed by atoms with van der Waals surface area (Å²) in [5, 5.41) is 13.1. The summed E-state index contributed by atoms with van der Waals surface area (Å²) >= 11 is 0. The van der Waals surface area contributed by atoms with Crippen LogP contribution in [0.1, 0.15) is 26.5 Å². The number of hydrogen-bond acceptors (Lipinski definition) is 5. The summed E-state index contributed by atoms with van der Waals surface area (Å²) in [6.45, 7) is 20.4. The minimum atomic E-state index is -0.326. The van der Waals surface area contributed by atoms with Crippen molar-refractivity contribution in [2.45, 2.75) is 26.2 Å². The molecule has 0 aliphatic heterocycles. The molecular weight excluding hydrogens is 354 g/mol. The molecule has 0 saturated heterocycles. The molecule has 3 aromatic rings. The van der Waals surface area contributed by atoms with Gasteiger partial charge < -0.3 is 15.4 Å². The SMILES string of the molecule is [C-]#[N+]c1nc(/N=N/c2c(C(C)(C)C)nn(-c3ccccc3)c2N)n(C)c1[N+]#[C-]. The Morgan fingerprint density at radius 3 is 2.29 bits per heavy atom. The van der Waals surface area contributed by atoms with Gasteiger partial charge in [-0.3, -0.25) is 0 Å². The second kappa shape index (κ2) is 6.97. The molecule has 0 amide bonds. The Balaban J connectivity index is 2.14. The van der Waals surface area contributed by atoms with Crippen LogP contribution in [0.15, 0.2) is 40.6 Å². The van der Waals surface area contributed by atoms with Crippen molar-refractivity contribution in [1.82, 2.24) is 19.3 Å². The van der Waals surface area contributed by atoms with Gasteiger partial charge in [-0.05, 0) is 12.1 Å². The van der Waals surface area contributed by atoms with E-state index in [1.807, 2.05) is 51.1 Å². The number of hydrogen-bond donors (Lipinski definition) is 1. The topological polar surface area (TPSA) is 95.1 Å². The summed E-state index contributed by atoms with van der Waals surface area (Å²) < 4.78 is 3.06. The van der Waals surface area contributed by atoms with Crippen molar-refractivity contribution in [3.05, 3.63) is 58.9 Å². The Morgan fingerprint density at radius 1 is 1.07 bits per heavy atom. The van der Waals surface area contributed by atoms with Crippen molar-refractivity contribution < 1.29 is 0 Å². The van der Waals surface area contributed by atoms with Gasteiger partial charge in [-0.15, -0.1) is 5.11 Å². The van der Waals surface area contributed by atoms with Gasteiger partial charge in [-0.25, -0.2) is 9.25 Å². The number of anilines is 1. The Morgan fingerprint density at radius 2 is 1.75 bits per heavy atom. The highest BCUT2D eigenvalue weighted by Gasteiger charge is 2.27. The molecule has 0 fully saturated rings. The molecular formula is C19H19N9. The summed E-state index contributed by atoms with van der Waals surface area (Å²) in [7, 11) is 1.62. The maximum Gasteiger partial charge on any atom is 0.416 e. The summed E-state index contributed by atoms with van der Waals surface area (Å²) in [5.41, 5.74) is 7.95. The summed E-state index contributed by atoms with van der Waals surface area (Å²) in [4.78, 5) is 10.7. The highest BCUT2D eigenvalue weighted by Crippen LogP contribution is 2.38.